The molecule has 0 aliphatic heterocycles. The van der Waals surface area contributed by atoms with Crippen molar-refractivity contribution in [3.63, 3.8) is 0 Å². The van der Waals surface area contributed by atoms with Crippen molar-refractivity contribution < 1.29 is 9.47 Å². The standard InChI is InChI=1S/C27H28N2O2/c1-20-9-13-24(19-21(20)2)31-18-6-17-29-26-8-5-4-7-25(26)28-27(29)16-12-22-10-14-23(30-3)15-11-22/h4-5,7-16,19H,6,17-18H2,1-3H3/b16-12+. The number of methoxy groups -OCH3 is 1. The first-order valence-corrected chi connectivity index (χ1v) is 10.6. The number of imidazole rings is 1. The summed E-state index contributed by atoms with van der Waals surface area (Å²) < 4.78 is 13.5. The van der Waals surface area contributed by atoms with Crippen LogP contribution in [0.2, 0.25) is 0 Å². The predicted molar refractivity (Wildman–Crippen MR) is 128 cm³/mol. The summed E-state index contributed by atoms with van der Waals surface area (Å²) in [6.45, 7) is 5.73. The van der Waals surface area contributed by atoms with Crippen LogP contribution < -0.4 is 9.47 Å². The highest BCUT2D eigenvalue weighted by Gasteiger charge is 2.08. The maximum Gasteiger partial charge on any atom is 0.133 e. The lowest BCUT2D eigenvalue weighted by atomic mass is 10.1. The molecule has 31 heavy (non-hydrogen) atoms. The molecule has 0 atom stereocenters. The molecule has 4 rings (SSSR count). The predicted octanol–water partition coefficient (Wildman–Crippen LogP) is 6.30. The zero-order valence-corrected chi connectivity index (χ0v) is 18.3. The Morgan fingerprint density at radius 3 is 2.42 bits per heavy atom. The largest absolute Gasteiger partial charge is 0.497 e. The highest BCUT2D eigenvalue weighted by molar-refractivity contribution is 5.79. The molecule has 0 spiro atoms. The van der Waals surface area contributed by atoms with E-state index in [4.69, 9.17) is 14.5 Å². The van der Waals surface area contributed by atoms with Crippen LogP contribution in [0, 0.1) is 13.8 Å². The first-order chi connectivity index (χ1) is 15.1. The highest BCUT2D eigenvalue weighted by atomic mass is 16.5. The lowest BCUT2D eigenvalue weighted by Gasteiger charge is -2.10. The minimum Gasteiger partial charge on any atom is -0.497 e. The third kappa shape index (κ3) is 4.97. The van der Waals surface area contributed by atoms with Gasteiger partial charge in [-0.3, -0.25) is 0 Å². The van der Waals surface area contributed by atoms with Crippen LogP contribution in [0.25, 0.3) is 23.2 Å². The van der Waals surface area contributed by atoms with Gasteiger partial charge in [0.05, 0.1) is 24.8 Å². The Labute approximate surface area is 183 Å². The molecule has 158 valence electrons. The Hall–Kier alpha value is -3.53. The maximum absolute atomic E-state index is 5.98. The molecule has 4 nitrogen and oxygen atoms in total. The maximum atomic E-state index is 5.98. The SMILES string of the molecule is COc1ccc(/C=C/c2nc3ccccc3n2CCCOc2ccc(C)c(C)c2)cc1. The number of hydrogen-bond donors (Lipinski definition) is 0. The average Bonchev–Trinajstić information content (AvgIpc) is 3.15. The zero-order valence-electron chi connectivity index (χ0n) is 18.3. The van der Waals surface area contributed by atoms with E-state index >= 15 is 0 Å². The molecule has 0 bridgehead atoms. The van der Waals surface area contributed by atoms with E-state index in [9.17, 15) is 0 Å². The first-order valence-electron chi connectivity index (χ1n) is 10.6. The van der Waals surface area contributed by atoms with E-state index in [2.05, 4.69) is 60.9 Å². The van der Waals surface area contributed by atoms with E-state index in [0.29, 0.717) is 6.61 Å². The smallest absolute Gasteiger partial charge is 0.133 e. The van der Waals surface area contributed by atoms with Crippen molar-refractivity contribution in [3.05, 3.63) is 89.2 Å². The molecule has 0 saturated carbocycles. The van der Waals surface area contributed by atoms with Crippen molar-refractivity contribution >= 4 is 23.2 Å². The van der Waals surface area contributed by atoms with Gasteiger partial charge in [0.1, 0.15) is 17.3 Å². The van der Waals surface area contributed by atoms with Gasteiger partial charge in [-0.15, -0.1) is 0 Å². The van der Waals surface area contributed by atoms with Crippen molar-refractivity contribution in [1.29, 1.82) is 0 Å². The number of fused-ring (bicyclic) bond motifs is 1. The van der Waals surface area contributed by atoms with Crippen molar-refractivity contribution in [2.45, 2.75) is 26.8 Å². The molecule has 0 fully saturated rings. The van der Waals surface area contributed by atoms with E-state index in [1.807, 2.05) is 36.4 Å². The van der Waals surface area contributed by atoms with Gasteiger partial charge in [-0.05, 0) is 79.4 Å². The Morgan fingerprint density at radius 1 is 0.871 bits per heavy atom. The molecule has 0 amide bonds. The lowest BCUT2D eigenvalue weighted by Crippen LogP contribution is -2.06. The molecule has 0 unspecified atom stereocenters. The molecular weight excluding hydrogens is 384 g/mol. The van der Waals surface area contributed by atoms with Crippen LogP contribution >= 0.6 is 0 Å². The fourth-order valence-corrected chi connectivity index (χ4v) is 3.56. The molecule has 3 aromatic carbocycles. The Kier molecular flexibility index (Phi) is 6.37. The van der Waals surface area contributed by atoms with E-state index < -0.39 is 0 Å². The minimum atomic E-state index is 0.663. The van der Waals surface area contributed by atoms with Gasteiger partial charge in [0.25, 0.3) is 0 Å². The van der Waals surface area contributed by atoms with E-state index in [-0.39, 0.29) is 0 Å². The second-order valence-electron chi connectivity index (χ2n) is 7.66. The Bertz CT molecular complexity index is 1190. The summed E-state index contributed by atoms with van der Waals surface area (Å²) in [7, 11) is 1.68. The van der Waals surface area contributed by atoms with Crippen molar-refractivity contribution in [2.24, 2.45) is 0 Å². The van der Waals surface area contributed by atoms with Gasteiger partial charge >= 0.3 is 0 Å². The third-order valence-electron chi connectivity index (χ3n) is 5.50. The van der Waals surface area contributed by atoms with Crippen LogP contribution in [0.4, 0.5) is 0 Å². The van der Waals surface area contributed by atoms with Crippen LogP contribution in [-0.2, 0) is 6.54 Å². The van der Waals surface area contributed by atoms with Crippen LogP contribution in [0.3, 0.4) is 0 Å². The molecule has 0 aliphatic carbocycles. The minimum absolute atomic E-state index is 0.663. The summed E-state index contributed by atoms with van der Waals surface area (Å²) in [5, 5.41) is 0. The molecule has 4 aromatic rings. The molecule has 1 heterocycles. The normalized spacial score (nSPS) is 11.3. The van der Waals surface area contributed by atoms with Crippen molar-refractivity contribution in [2.75, 3.05) is 13.7 Å². The number of ether oxygens (including phenoxy) is 2. The van der Waals surface area contributed by atoms with Crippen molar-refractivity contribution in [3.8, 4) is 11.5 Å². The molecule has 0 saturated heterocycles. The van der Waals surface area contributed by atoms with Gasteiger partial charge in [-0.25, -0.2) is 4.98 Å². The second-order valence-corrected chi connectivity index (χ2v) is 7.66. The monoisotopic (exact) mass is 412 g/mol. The number of hydrogen-bond acceptors (Lipinski definition) is 3. The molecular formula is C27H28N2O2. The fourth-order valence-electron chi connectivity index (χ4n) is 3.56. The average molecular weight is 413 g/mol. The first kappa shape index (κ1) is 20.7. The van der Waals surface area contributed by atoms with Gasteiger partial charge in [-0.2, -0.15) is 0 Å². The zero-order chi connectivity index (χ0) is 21.6. The number of nitrogens with zero attached hydrogens (tertiary/aromatic N) is 2. The van der Waals surface area contributed by atoms with Gasteiger partial charge in [0, 0.05) is 6.54 Å². The number of para-hydroxylation sites is 2. The number of benzene rings is 3. The quantitative estimate of drug-likeness (QED) is 0.319. The van der Waals surface area contributed by atoms with Crippen LogP contribution in [0.15, 0.2) is 66.7 Å². The van der Waals surface area contributed by atoms with Gasteiger partial charge in [0.2, 0.25) is 0 Å². The summed E-state index contributed by atoms with van der Waals surface area (Å²) in [6.07, 6.45) is 5.06. The number of rotatable bonds is 8. The van der Waals surface area contributed by atoms with Crippen LogP contribution in [0.1, 0.15) is 28.9 Å². The molecule has 1 aromatic heterocycles. The van der Waals surface area contributed by atoms with E-state index in [0.717, 1.165) is 46.9 Å². The summed E-state index contributed by atoms with van der Waals surface area (Å²) in [5.41, 5.74) is 5.79. The lowest BCUT2D eigenvalue weighted by molar-refractivity contribution is 0.302. The number of aromatic nitrogens is 2. The molecule has 4 heteroatoms. The summed E-state index contributed by atoms with van der Waals surface area (Å²) in [4.78, 5) is 4.83. The third-order valence-corrected chi connectivity index (χ3v) is 5.50. The highest BCUT2D eigenvalue weighted by Crippen LogP contribution is 2.20. The van der Waals surface area contributed by atoms with Crippen LogP contribution in [-0.4, -0.2) is 23.3 Å². The summed E-state index contributed by atoms with van der Waals surface area (Å²) in [5.74, 6) is 2.73. The molecule has 0 aliphatic rings. The molecule has 0 N–H and O–H groups in total. The molecule has 0 radical (unpaired) electrons. The fraction of sp³-hybridized carbons (Fsp3) is 0.222. The Balaban J connectivity index is 1.48. The van der Waals surface area contributed by atoms with Gasteiger partial charge in [-0.1, -0.05) is 36.4 Å². The van der Waals surface area contributed by atoms with E-state index in [1.165, 1.54) is 11.1 Å². The van der Waals surface area contributed by atoms with E-state index in [1.54, 1.807) is 7.11 Å². The Morgan fingerprint density at radius 2 is 1.65 bits per heavy atom. The second kappa shape index (κ2) is 9.52. The van der Waals surface area contributed by atoms with Crippen molar-refractivity contribution in [1.82, 2.24) is 9.55 Å². The van der Waals surface area contributed by atoms with Gasteiger partial charge < -0.3 is 14.0 Å². The van der Waals surface area contributed by atoms with Crippen LogP contribution in [0.5, 0.6) is 11.5 Å². The summed E-state index contributed by atoms with van der Waals surface area (Å²) in [6, 6.07) is 22.5. The van der Waals surface area contributed by atoms with Gasteiger partial charge in [0.15, 0.2) is 0 Å². The topological polar surface area (TPSA) is 36.3 Å². The number of aryl methyl sites for hydroxylation is 3. The summed E-state index contributed by atoms with van der Waals surface area (Å²) >= 11 is 0.